The van der Waals surface area contributed by atoms with Gasteiger partial charge in [-0.1, -0.05) is 34.7 Å². The molecule has 0 atom stereocenters. The van der Waals surface area contributed by atoms with Crippen LogP contribution in [0.3, 0.4) is 0 Å². The minimum Gasteiger partial charge on any atom is -0.423 e. The van der Waals surface area contributed by atoms with Gasteiger partial charge in [0.15, 0.2) is 4.34 Å². The number of hydrogen-bond donors (Lipinski definition) is 1. The van der Waals surface area contributed by atoms with Crippen LogP contribution in [0.1, 0.15) is 24.0 Å². The van der Waals surface area contributed by atoms with Gasteiger partial charge < -0.3 is 9.73 Å². The summed E-state index contributed by atoms with van der Waals surface area (Å²) in [6, 6.07) is 5.73. The molecule has 0 saturated heterocycles. The summed E-state index contributed by atoms with van der Waals surface area (Å²) in [6.07, 6.45) is 2.40. The molecule has 1 fully saturated rings. The Labute approximate surface area is 151 Å². The van der Waals surface area contributed by atoms with Gasteiger partial charge in [-0.15, -0.1) is 10.2 Å². The molecule has 1 N–H and O–H groups in total. The fourth-order valence-corrected chi connectivity index (χ4v) is 4.32. The SMILES string of the molecule is Cc1cc2oc(=O)cc(CSc3nnc(NC4CC4)s3)c2cc1Cl. The predicted molar refractivity (Wildman–Crippen MR) is 98.3 cm³/mol. The quantitative estimate of drug-likeness (QED) is 0.521. The highest BCUT2D eigenvalue weighted by molar-refractivity contribution is 8.00. The van der Waals surface area contributed by atoms with Gasteiger partial charge in [0.25, 0.3) is 0 Å². The molecule has 4 rings (SSSR count). The molecule has 0 spiro atoms. The van der Waals surface area contributed by atoms with Crippen molar-refractivity contribution in [3.05, 3.63) is 44.8 Å². The second-order valence-electron chi connectivity index (χ2n) is 5.77. The summed E-state index contributed by atoms with van der Waals surface area (Å²) in [4.78, 5) is 11.8. The lowest BCUT2D eigenvalue weighted by Gasteiger charge is -2.06. The zero-order valence-electron chi connectivity index (χ0n) is 12.8. The molecule has 5 nitrogen and oxygen atoms in total. The van der Waals surface area contributed by atoms with E-state index in [2.05, 4.69) is 15.5 Å². The largest absolute Gasteiger partial charge is 0.423 e. The number of halogens is 1. The lowest BCUT2D eigenvalue weighted by atomic mass is 10.1. The van der Waals surface area contributed by atoms with Gasteiger partial charge in [-0.2, -0.15) is 0 Å². The Kier molecular flexibility index (Phi) is 4.24. The van der Waals surface area contributed by atoms with Crippen molar-refractivity contribution in [3.63, 3.8) is 0 Å². The number of thioether (sulfide) groups is 1. The Morgan fingerprint density at radius 3 is 3.00 bits per heavy atom. The molecule has 1 aromatic carbocycles. The van der Waals surface area contributed by atoms with E-state index >= 15 is 0 Å². The molecule has 0 radical (unpaired) electrons. The summed E-state index contributed by atoms with van der Waals surface area (Å²) in [5.74, 6) is 0.611. The fourth-order valence-electron chi connectivity index (χ4n) is 2.34. The van der Waals surface area contributed by atoms with Crippen molar-refractivity contribution in [3.8, 4) is 0 Å². The number of anilines is 1. The van der Waals surface area contributed by atoms with Gasteiger partial charge in [-0.05, 0) is 43.0 Å². The minimum absolute atomic E-state index is 0.354. The molecule has 8 heteroatoms. The van der Waals surface area contributed by atoms with Crippen LogP contribution in [-0.4, -0.2) is 16.2 Å². The number of hydrogen-bond acceptors (Lipinski definition) is 7. The summed E-state index contributed by atoms with van der Waals surface area (Å²) in [6.45, 7) is 1.89. The molecule has 0 aliphatic heterocycles. The Balaban J connectivity index is 1.58. The highest BCUT2D eigenvalue weighted by atomic mass is 35.5. The Bertz CT molecular complexity index is 966. The van der Waals surface area contributed by atoms with Gasteiger partial charge in [0.1, 0.15) is 5.58 Å². The molecule has 2 aromatic heterocycles. The Hall–Kier alpha value is -1.57. The predicted octanol–water partition coefficient (Wildman–Crippen LogP) is 4.47. The van der Waals surface area contributed by atoms with Gasteiger partial charge in [-0.3, -0.25) is 0 Å². The monoisotopic (exact) mass is 379 g/mol. The van der Waals surface area contributed by atoms with Crippen molar-refractivity contribution in [1.29, 1.82) is 0 Å². The van der Waals surface area contributed by atoms with E-state index in [1.54, 1.807) is 17.8 Å². The topological polar surface area (TPSA) is 68.0 Å². The van der Waals surface area contributed by atoms with Crippen molar-refractivity contribution in [2.75, 3.05) is 5.32 Å². The summed E-state index contributed by atoms with van der Waals surface area (Å²) in [7, 11) is 0. The van der Waals surface area contributed by atoms with Crippen molar-refractivity contribution >= 4 is 50.8 Å². The summed E-state index contributed by atoms with van der Waals surface area (Å²) in [5.41, 5.74) is 1.98. The van der Waals surface area contributed by atoms with E-state index in [1.165, 1.54) is 30.2 Å². The van der Waals surface area contributed by atoms with Crippen LogP contribution in [0.2, 0.25) is 5.02 Å². The maximum atomic E-state index is 11.8. The molecule has 3 aromatic rings. The van der Waals surface area contributed by atoms with E-state index in [0.29, 0.717) is 22.4 Å². The van der Waals surface area contributed by atoms with Crippen LogP contribution in [-0.2, 0) is 5.75 Å². The minimum atomic E-state index is -0.354. The molecular formula is C16H14ClN3O2S2. The van der Waals surface area contributed by atoms with E-state index < -0.39 is 0 Å². The molecule has 1 aliphatic rings. The zero-order valence-corrected chi connectivity index (χ0v) is 15.2. The molecule has 0 bridgehead atoms. The van der Waals surface area contributed by atoms with E-state index in [1.807, 2.05) is 13.0 Å². The van der Waals surface area contributed by atoms with E-state index in [4.69, 9.17) is 16.0 Å². The number of nitrogens with zero attached hydrogens (tertiary/aromatic N) is 2. The number of rotatable bonds is 5. The van der Waals surface area contributed by atoms with Crippen LogP contribution >= 0.6 is 34.7 Å². The molecule has 1 saturated carbocycles. The van der Waals surface area contributed by atoms with Gasteiger partial charge in [0, 0.05) is 28.3 Å². The Morgan fingerprint density at radius 2 is 2.21 bits per heavy atom. The van der Waals surface area contributed by atoms with Crippen LogP contribution in [0.5, 0.6) is 0 Å². The molecule has 1 aliphatic carbocycles. The van der Waals surface area contributed by atoms with Crippen LogP contribution in [0.25, 0.3) is 11.0 Å². The standard InChI is InChI=1S/C16H14ClN3O2S2/c1-8-4-13-11(6-12(8)17)9(5-14(21)22-13)7-23-16-20-19-15(24-16)18-10-2-3-10/h4-6,10H,2-3,7H2,1H3,(H,18,19). The summed E-state index contributed by atoms with van der Waals surface area (Å²) in [5, 5.41) is 14.1. The average molecular weight is 380 g/mol. The number of fused-ring (bicyclic) bond motifs is 1. The van der Waals surface area contributed by atoms with E-state index in [-0.39, 0.29) is 5.63 Å². The maximum Gasteiger partial charge on any atom is 0.336 e. The highest BCUT2D eigenvalue weighted by Crippen LogP contribution is 2.33. The van der Waals surface area contributed by atoms with Crippen molar-refractivity contribution in [2.45, 2.75) is 35.9 Å². The lowest BCUT2D eigenvalue weighted by molar-refractivity contribution is 0.559. The zero-order chi connectivity index (χ0) is 16.7. The van der Waals surface area contributed by atoms with Gasteiger partial charge in [0.05, 0.1) is 0 Å². The molecule has 0 amide bonds. The van der Waals surface area contributed by atoms with Crippen LogP contribution in [0.15, 0.2) is 31.8 Å². The number of aryl methyl sites for hydroxylation is 1. The van der Waals surface area contributed by atoms with Gasteiger partial charge in [-0.25, -0.2) is 4.79 Å². The normalized spacial score (nSPS) is 14.2. The summed E-state index contributed by atoms with van der Waals surface area (Å²) < 4.78 is 6.16. The van der Waals surface area contributed by atoms with Crippen molar-refractivity contribution < 1.29 is 4.42 Å². The van der Waals surface area contributed by atoms with E-state index in [9.17, 15) is 4.79 Å². The number of nitrogens with one attached hydrogen (secondary N) is 1. The second-order valence-corrected chi connectivity index (χ2v) is 8.38. The highest BCUT2D eigenvalue weighted by Gasteiger charge is 2.22. The van der Waals surface area contributed by atoms with Crippen LogP contribution in [0.4, 0.5) is 5.13 Å². The average Bonchev–Trinajstić information content (AvgIpc) is 3.23. The Morgan fingerprint density at radius 1 is 1.38 bits per heavy atom. The lowest BCUT2D eigenvalue weighted by Crippen LogP contribution is -2.00. The first-order chi connectivity index (χ1) is 11.6. The van der Waals surface area contributed by atoms with Gasteiger partial charge in [0.2, 0.25) is 5.13 Å². The first-order valence-electron chi connectivity index (χ1n) is 7.54. The third kappa shape index (κ3) is 3.43. The molecule has 124 valence electrons. The van der Waals surface area contributed by atoms with Crippen molar-refractivity contribution in [2.24, 2.45) is 0 Å². The van der Waals surface area contributed by atoms with Gasteiger partial charge >= 0.3 is 5.63 Å². The fraction of sp³-hybridized carbons (Fsp3) is 0.312. The van der Waals surface area contributed by atoms with E-state index in [0.717, 1.165) is 26.0 Å². The van der Waals surface area contributed by atoms with Crippen LogP contribution < -0.4 is 10.9 Å². The number of aromatic nitrogens is 2. The first kappa shape index (κ1) is 15.9. The molecule has 24 heavy (non-hydrogen) atoms. The van der Waals surface area contributed by atoms with Crippen LogP contribution in [0, 0.1) is 6.92 Å². The third-order valence-electron chi connectivity index (χ3n) is 3.77. The summed E-state index contributed by atoms with van der Waals surface area (Å²) >= 11 is 9.31. The maximum absolute atomic E-state index is 11.8. The first-order valence-corrected chi connectivity index (χ1v) is 9.72. The molecule has 0 unspecified atom stereocenters. The second kappa shape index (κ2) is 6.38. The molecular weight excluding hydrogens is 366 g/mol. The molecule has 2 heterocycles. The third-order valence-corrected chi connectivity index (χ3v) is 6.22. The van der Waals surface area contributed by atoms with Crippen molar-refractivity contribution in [1.82, 2.24) is 10.2 Å². The number of benzene rings is 1. The smallest absolute Gasteiger partial charge is 0.336 e.